The number of hydrogen-bond acceptors (Lipinski definition) is 8. The standard InChI is InChI=1S/C18H20FN5O2.2C2HF3O2/c1-11-14(3-2-5-20-11)23-17(25)15-7-12-4-6-24(10-16(12)26-15)18-21-8-13(19)9-22-18;2*3-2(4,5)1(6)7/h2-3,5,8-9,12,15-16H,4,6-7,10H2,1H3,(H,23,25);2*(H,6,7)/t12-,15+,16+;;/m0../s1. The summed E-state index contributed by atoms with van der Waals surface area (Å²) in [6, 6.07) is 3.62. The van der Waals surface area contributed by atoms with Crippen molar-refractivity contribution in [3.63, 3.8) is 0 Å². The van der Waals surface area contributed by atoms with E-state index in [1.807, 2.05) is 17.9 Å². The molecule has 1 amide bonds. The van der Waals surface area contributed by atoms with E-state index < -0.39 is 36.2 Å². The number of aryl methyl sites for hydroxylation is 1. The molecule has 0 saturated carbocycles. The fourth-order valence-corrected chi connectivity index (χ4v) is 3.58. The molecular formula is C22H22F7N5O6. The molecule has 40 heavy (non-hydrogen) atoms. The molecule has 2 aliphatic rings. The number of alkyl halides is 6. The molecule has 4 heterocycles. The van der Waals surface area contributed by atoms with Gasteiger partial charge in [-0.25, -0.2) is 23.9 Å². The van der Waals surface area contributed by atoms with Gasteiger partial charge in [-0.05, 0) is 37.8 Å². The largest absolute Gasteiger partial charge is 0.490 e. The predicted molar refractivity (Wildman–Crippen MR) is 121 cm³/mol. The Morgan fingerprint density at radius 3 is 2.08 bits per heavy atom. The number of halogens is 7. The zero-order chi connectivity index (χ0) is 30.3. The molecule has 2 aliphatic heterocycles. The Kier molecular flexibility index (Phi) is 10.7. The third-order valence-electron chi connectivity index (χ3n) is 5.48. The zero-order valence-electron chi connectivity index (χ0n) is 20.4. The van der Waals surface area contributed by atoms with Crippen LogP contribution in [0.2, 0.25) is 0 Å². The predicted octanol–water partition coefficient (Wildman–Crippen LogP) is 3.21. The second kappa shape index (κ2) is 13.3. The van der Waals surface area contributed by atoms with Crippen LogP contribution in [-0.4, -0.2) is 80.7 Å². The SMILES string of the molecule is Cc1ncccc1NC(=O)[C@H]1C[C@@H]2CCN(c3ncc(F)cn3)C[C@H]2O1.O=C(O)C(F)(F)F.O=C(O)C(F)(F)F. The summed E-state index contributed by atoms with van der Waals surface area (Å²) in [5, 5.41) is 17.2. The fourth-order valence-electron chi connectivity index (χ4n) is 3.58. The number of carboxylic acids is 2. The maximum Gasteiger partial charge on any atom is 0.490 e. The van der Waals surface area contributed by atoms with Crippen LogP contribution in [0.25, 0.3) is 0 Å². The monoisotopic (exact) mass is 585 g/mol. The number of amides is 1. The highest BCUT2D eigenvalue weighted by Crippen LogP contribution is 2.34. The normalized spacial score (nSPS) is 20.2. The lowest BCUT2D eigenvalue weighted by molar-refractivity contribution is -0.193. The number of aromatic nitrogens is 3. The van der Waals surface area contributed by atoms with E-state index in [0.717, 1.165) is 31.1 Å². The Bertz CT molecular complexity index is 1160. The molecule has 2 aromatic rings. The van der Waals surface area contributed by atoms with Crippen molar-refractivity contribution >= 4 is 29.5 Å². The molecule has 2 saturated heterocycles. The second-order valence-electron chi connectivity index (χ2n) is 8.33. The average Bonchev–Trinajstić information content (AvgIpc) is 3.29. The number of carbonyl (C=O) groups excluding carboxylic acids is 1. The van der Waals surface area contributed by atoms with Crippen LogP contribution in [-0.2, 0) is 19.1 Å². The number of hydrogen-bond donors (Lipinski definition) is 3. The van der Waals surface area contributed by atoms with Crippen LogP contribution >= 0.6 is 0 Å². The molecule has 2 fully saturated rings. The highest BCUT2D eigenvalue weighted by molar-refractivity contribution is 5.94. The maximum atomic E-state index is 13.0. The molecule has 4 rings (SSSR count). The van der Waals surface area contributed by atoms with E-state index in [1.165, 1.54) is 0 Å². The number of nitrogens with one attached hydrogen (secondary N) is 1. The molecular weight excluding hydrogens is 563 g/mol. The van der Waals surface area contributed by atoms with Crippen LogP contribution in [0.15, 0.2) is 30.7 Å². The molecule has 3 N–H and O–H groups in total. The van der Waals surface area contributed by atoms with Crippen LogP contribution in [0, 0.1) is 18.7 Å². The Morgan fingerprint density at radius 1 is 1.02 bits per heavy atom. The Morgan fingerprint density at radius 2 is 1.57 bits per heavy atom. The zero-order valence-corrected chi connectivity index (χ0v) is 20.4. The van der Waals surface area contributed by atoms with Gasteiger partial charge in [0.05, 0.1) is 29.9 Å². The van der Waals surface area contributed by atoms with Gasteiger partial charge >= 0.3 is 24.3 Å². The van der Waals surface area contributed by atoms with E-state index >= 15 is 0 Å². The van der Waals surface area contributed by atoms with Gasteiger partial charge in [0.25, 0.3) is 5.91 Å². The third-order valence-corrected chi connectivity index (χ3v) is 5.48. The van der Waals surface area contributed by atoms with Gasteiger partial charge in [0.15, 0.2) is 5.82 Å². The van der Waals surface area contributed by atoms with E-state index in [2.05, 4.69) is 20.3 Å². The van der Waals surface area contributed by atoms with Crippen LogP contribution in [0.1, 0.15) is 18.5 Å². The van der Waals surface area contributed by atoms with Gasteiger partial charge in [0.2, 0.25) is 5.95 Å². The van der Waals surface area contributed by atoms with Crippen molar-refractivity contribution in [3.05, 3.63) is 42.2 Å². The van der Waals surface area contributed by atoms with Crippen molar-refractivity contribution in [1.29, 1.82) is 0 Å². The summed E-state index contributed by atoms with van der Waals surface area (Å²) >= 11 is 0. The number of carbonyl (C=O) groups is 3. The molecule has 18 heteroatoms. The lowest BCUT2D eigenvalue weighted by atomic mass is 9.92. The van der Waals surface area contributed by atoms with Gasteiger partial charge < -0.3 is 25.2 Å². The summed E-state index contributed by atoms with van der Waals surface area (Å²) in [6.45, 7) is 3.23. The van der Waals surface area contributed by atoms with Crippen LogP contribution in [0.4, 0.5) is 42.4 Å². The number of pyridine rings is 1. The topological polar surface area (TPSA) is 155 Å². The fraction of sp³-hybridized carbons (Fsp3) is 0.455. The lowest BCUT2D eigenvalue weighted by Gasteiger charge is -2.33. The van der Waals surface area contributed by atoms with Gasteiger partial charge in [0.1, 0.15) is 6.10 Å². The maximum absolute atomic E-state index is 13.0. The van der Waals surface area contributed by atoms with Crippen LogP contribution in [0.3, 0.4) is 0 Å². The van der Waals surface area contributed by atoms with Gasteiger partial charge in [-0.1, -0.05) is 0 Å². The number of ether oxygens (including phenoxy) is 1. The summed E-state index contributed by atoms with van der Waals surface area (Å²) in [5.41, 5.74) is 1.48. The van der Waals surface area contributed by atoms with Crippen LogP contribution in [0.5, 0.6) is 0 Å². The summed E-state index contributed by atoms with van der Waals surface area (Å²) < 4.78 is 82.5. The molecule has 0 unspecified atom stereocenters. The molecule has 0 spiro atoms. The number of carboxylic acid groups (broad SMARTS) is 2. The average molecular weight is 585 g/mol. The quantitative estimate of drug-likeness (QED) is 0.458. The molecule has 0 radical (unpaired) electrons. The number of nitrogens with zero attached hydrogens (tertiary/aromatic N) is 4. The van der Waals surface area contributed by atoms with Gasteiger partial charge in [-0.15, -0.1) is 0 Å². The molecule has 0 aliphatic carbocycles. The minimum Gasteiger partial charge on any atom is -0.475 e. The van der Waals surface area contributed by atoms with Crippen molar-refractivity contribution < 1.29 is 60.1 Å². The summed E-state index contributed by atoms with van der Waals surface area (Å²) in [6.07, 6.45) is -5.08. The first-order valence-electron chi connectivity index (χ1n) is 11.2. The van der Waals surface area contributed by atoms with Crippen molar-refractivity contribution in [2.24, 2.45) is 5.92 Å². The van der Waals surface area contributed by atoms with Gasteiger partial charge in [-0.2, -0.15) is 26.3 Å². The first-order valence-corrected chi connectivity index (χ1v) is 11.2. The van der Waals surface area contributed by atoms with E-state index in [0.29, 0.717) is 30.5 Å². The molecule has 11 nitrogen and oxygen atoms in total. The lowest BCUT2D eigenvalue weighted by Crippen LogP contribution is -2.43. The number of rotatable bonds is 3. The van der Waals surface area contributed by atoms with Crippen molar-refractivity contribution in [2.45, 2.75) is 44.3 Å². The first kappa shape index (κ1) is 32.1. The molecule has 0 aromatic carbocycles. The second-order valence-corrected chi connectivity index (χ2v) is 8.33. The highest BCUT2D eigenvalue weighted by atomic mass is 19.4. The summed E-state index contributed by atoms with van der Waals surface area (Å²) in [5.74, 6) is -5.28. The van der Waals surface area contributed by atoms with E-state index in [9.17, 15) is 35.5 Å². The smallest absolute Gasteiger partial charge is 0.475 e. The molecule has 220 valence electrons. The van der Waals surface area contributed by atoms with Crippen molar-refractivity contribution in [2.75, 3.05) is 23.3 Å². The minimum atomic E-state index is -5.08. The van der Waals surface area contributed by atoms with E-state index in [1.54, 1.807) is 12.3 Å². The summed E-state index contributed by atoms with van der Waals surface area (Å²) in [7, 11) is 0. The number of anilines is 2. The number of fused-ring (bicyclic) bond motifs is 1. The number of piperidine rings is 1. The molecule has 3 atom stereocenters. The summed E-state index contributed by atoms with van der Waals surface area (Å²) in [4.78, 5) is 44.6. The Labute approximate surface area is 221 Å². The van der Waals surface area contributed by atoms with Gasteiger partial charge in [-0.3, -0.25) is 9.78 Å². The highest BCUT2D eigenvalue weighted by Gasteiger charge is 2.42. The number of aliphatic carboxylic acids is 2. The third kappa shape index (κ3) is 9.58. The Balaban J connectivity index is 0.000000333. The van der Waals surface area contributed by atoms with Crippen LogP contribution < -0.4 is 10.2 Å². The van der Waals surface area contributed by atoms with Crippen molar-refractivity contribution in [1.82, 2.24) is 15.0 Å². The molecule has 2 aromatic heterocycles. The minimum absolute atomic E-state index is 0.0526. The van der Waals surface area contributed by atoms with Gasteiger partial charge in [0, 0.05) is 19.3 Å². The van der Waals surface area contributed by atoms with E-state index in [-0.39, 0.29) is 12.0 Å². The van der Waals surface area contributed by atoms with E-state index in [4.69, 9.17) is 24.5 Å². The Hall–Kier alpha value is -4.09. The molecule has 0 bridgehead atoms. The first-order chi connectivity index (χ1) is 18.5. The van der Waals surface area contributed by atoms with Crippen molar-refractivity contribution in [3.8, 4) is 0 Å².